The predicted molar refractivity (Wildman–Crippen MR) is 92.7 cm³/mol. The van der Waals surface area contributed by atoms with E-state index in [0.717, 1.165) is 12.1 Å². The average molecular weight is 430 g/mol. The summed E-state index contributed by atoms with van der Waals surface area (Å²) < 4.78 is 70.7. The van der Waals surface area contributed by atoms with Crippen LogP contribution in [-0.4, -0.2) is 35.4 Å². The van der Waals surface area contributed by atoms with Crippen molar-refractivity contribution in [3.05, 3.63) is 65.7 Å². The second kappa shape index (κ2) is 7.90. The monoisotopic (exact) mass is 430 g/mol. The normalized spacial score (nSPS) is 24.2. The van der Waals surface area contributed by atoms with E-state index in [9.17, 15) is 36.6 Å². The molecule has 30 heavy (non-hydrogen) atoms. The molecule has 6 nitrogen and oxygen atoms in total. The largest absolute Gasteiger partial charge is 0.437 e. The Morgan fingerprint density at radius 3 is 2.37 bits per heavy atom. The molecule has 3 N–H and O–H groups in total. The van der Waals surface area contributed by atoms with Crippen LogP contribution in [0.1, 0.15) is 22.0 Å². The van der Waals surface area contributed by atoms with Gasteiger partial charge < -0.3 is 20.5 Å². The van der Waals surface area contributed by atoms with Crippen LogP contribution in [0.15, 0.2) is 54.6 Å². The van der Waals surface area contributed by atoms with Crippen molar-refractivity contribution in [1.82, 2.24) is 10.6 Å². The molecule has 0 saturated carbocycles. The topological polar surface area (TPSA) is 87.7 Å². The third-order valence-electron chi connectivity index (χ3n) is 4.59. The zero-order chi connectivity index (χ0) is 22.1. The Morgan fingerprint density at radius 1 is 1.10 bits per heavy atom. The molecular formula is C19H15F5N2O4. The molecule has 0 aliphatic carbocycles. The molecule has 160 valence electrons. The fourth-order valence-electron chi connectivity index (χ4n) is 3.28. The second-order valence-electron chi connectivity index (χ2n) is 6.50. The summed E-state index contributed by atoms with van der Waals surface area (Å²) in [4.78, 5) is 24.9. The molecule has 1 saturated heterocycles. The van der Waals surface area contributed by atoms with Crippen molar-refractivity contribution in [2.24, 2.45) is 5.92 Å². The number of carbonyl (C=O) groups excluding carboxylic acids is 2. The van der Waals surface area contributed by atoms with Crippen molar-refractivity contribution in [1.29, 1.82) is 0 Å². The molecule has 2 aromatic rings. The lowest BCUT2D eigenvalue weighted by Crippen LogP contribution is -2.72. The van der Waals surface area contributed by atoms with E-state index in [0.29, 0.717) is 0 Å². The third-order valence-corrected chi connectivity index (χ3v) is 4.59. The molecule has 1 heterocycles. The molecule has 1 aliphatic rings. The summed E-state index contributed by atoms with van der Waals surface area (Å²) in [6.07, 6.45) is -5.42. The van der Waals surface area contributed by atoms with E-state index < -0.39 is 48.0 Å². The fraction of sp³-hybridized carbons (Fsp3) is 0.263. The first-order chi connectivity index (χ1) is 14.0. The molecule has 0 aromatic heterocycles. The summed E-state index contributed by atoms with van der Waals surface area (Å²) in [5, 5.41) is 14.0. The number of Topliss-reactive ketones (excluding diaryl/α,β-unsaturated/α-hetero) is 1. The maximum atomic E-state index is 13.8. The van der Waals surface area contributed by atoms with Crippen molar-refractivity contribution in [2.75, 3.05) is 0 Å². The number of urea groups is 1. The molecule has 1 aliphatic heterocycles. The molecule has 2 aromatic carbocycles. The smallest absolute Gasteiger partial charge is 0.435 e. The number of benzene rings is 2. The molecule has 2 amide bonds. The van der Waals surface area contributed by atoms with Gasteiger partial charge in [-0.3, -0.25) is 4.79 Å². The molecule has 3 unspecified atom stereocenters. The Balaban J connectivity index is 2.13. The van der Waals surface area contributed by atoms with E-state index in [-0.39, 0.29) is 11.1 Å². The molecule has 11 heteroatoms. The minimum absolute atomic E-state index is 0.139. The zero-order valence-corrected chi connectivity index (χ0v) is 15.0. The zero-order valence-electron chi connectivity index (χ0n) is 15.0. The molecule has 3 atom stereocenters. The summed E-state index contributed by atoms with van der Waals surface area (Å²) in [6.45, 7) is -3.20. The number of alkyl halides is 5. The minimum atomic E-state index is -5.42. The Hall–Kier alpha value is -3.21. The maximum absolute atomic E-state index is 13.8. The first kappa shape index (κ1) is 21.5. The van der Waals surface area contributed by atoms with Crippen molar-refractivity contribution < 1.29 is 41.4 Å². The van der Waals surface area contributed by atoms with Crippen molar-refractivity contribution in [2.45, 2.75) is 24.6 Å². The summed E-state index contributed by atoms with van der Waals surface area (Å²) >= 11 is 0. The fourth-order valence-corrected chi connectivity index (χ4v) is 3.28. The van der Waals surface area contributed by atoms with Crippen molar-refractivity contribution in [3.63, 3.8) is 0 Å². The second-order valence-corrected chi connectivity index (χ2v) is 6.50. The first-order valence-corrected chi connectivity index (χ1v) is 8.55. The lowest BCUT2D eigenvalue weighted by atomic mass is 9.77. The number of carbonyl (C=O) groups is 2. The van der Waals surface area contributed by atoms with E-state index in [1.165, 1.54) is 47.8 Å². The molecule has 0 radical (unpaired) electrons. The number of amides is 2. The van der Waals surface area contributed by atoms with Gasteiger partial charge in [-0.05, 0) is 17.7 Å². The van der Waals surface area contributed by atoms with E-state index in [1.807, 2.05) is 0 Å². The van der Waals surface area contributed by atoms with Gasteiger partial charge >= 0.3 is 18.8 Å². The average Bonchev–Trinajstić information content (AvgIpc) is 2.66. The molecular weight excluding hydrogens is 415 g/mol. The van der Waals surface area contributed by atoms with Gasteiger partial charge in [0.05, 0.1) is 6.04 Å². The highest BCUT2D eigenvalue weighted by Gasteiger charge is 2.66. The number of halogens is 5. The van der Waals surface area contributed by atoms with E-state index >= 15 is 0 Å². The van der Waals surface area contributed by atoms with E-state index in [2.05, 4.69) is 10.1 Å². The minimum Gasteiger partial charge on any atom is -0.435 e. The number of hydrogen-bond acceptors (Lipinski definition) is 4. The van der Waals surface area contributed by atoms with Gasteiger partial charge in [0, 0.05) is 5.56 Å². The molecule has 0 spiro atoms. The Bertz CT molecular complexity index is 938. The summed E-state index contributed by atoms with van der Waals surface area (Å²) in [6, 6.07) is 8.31. The van der Waals surface area contributed by atoms with Crippen LogP contribution < -0.4 is 15.4 Å². The van der Waals surface area contributed by atoms with Gasteiger partial charge in [-0.2, -0.15) is 22.0 Å². The first-order valence-electron chi connectivity index (χ1n) is 8.55. The van der Waals surface area contributed by atoms with Gasteiger partial charge in [0.2, 0.25) is 5.72 Å². The molecule has 0 bridgehead atoms. The van der Waals surface area contributed by atoms with Gasteiger partial charge in [-0.1, -0.05) is 42.5 Å². The highest BCUT2D eigenvalue weighted by atomic mass is 19.4. The van der Waals surface area contributed by atoms with Crippen LogP contribution in [0.4, 0.5) is 26.7 Å². The number of aliphatic hydroxyl groups is 1. The van der Waals surface area contributed by atoms with Crippen molar-refractivity contribution in [3.8, 4) is 5.75 Å². The van der Waals surface area contributed by atoms with Gasteiger partial charge in [0.15, 0.2) is 5.78 Å². The van der Waals surface area contributed by atoms with Crippen molar-refractivity contribution >= 4 is 11.8 Å². The van der Waals surface area contributed by atoms with E-state index in [4.69, 9.17) is 0 Å². The van der Waals surface area contributed by atoms with Gasteiger partial charge in [-0.25, -0.2) is 4.79 Å². The summed E-state index contributed by atoms with van der Waals surface area (Å²) in [7, 11) is 0. The lowest BCUT2D eigenvalue weighted by molar-refractivity contribution is -0.287. The van der Waals surface area contributed by atoms with Gasteiger partial charge in [0.1, 0.15) is 11.7 Å². The Labute approximate surface area is 166 Å². The summed E-state index contributed by atoms with van der Waals surface area (Å²) in [5.41, 5.74) is -4.19. The highest BCUT2D eigenvalue weighted by Crippen LogP contribution is 2.44. The highest BCUT2D eigenvalue weighted by molar-refractivity contribution is 6.00. The van der Waals surface area contributed by atoms with E-state index in [1.54, 1.807) is 0 Å². The lowest BCUT2D eigenvalue weighted by Gasteiger charge is -2.45. The number of hydrogen-bond donors (Lipinski definition) is 3. The van der Waals surface area contributed by atoms with Crippen LogP contribution in [0, 0.1) is 5.92 Å². The molecule has 1 fully saturated rings. The number of ketones is 1. The van der Waals surface area contributed by atoms with Crippen LogP contribution >= 0.6 is 0 Å². The van der Waals surface area contributed by atoms with Gasteiger partial charge in [-0.15, -0.1) is 0 Å². The van der Waals surface area contributed by atoms with Crippen LogP contribution in [0.25, 0.3) is 0 Å². The van der Waals surface area contributed by atoms with Crippen LogP contribution in [0.2, 0.25) is 0 Å². The SMILES string of the molecule is O=C1NC(c2cccc(OC(F)F)c2)C(C(=O)c2ccccc2)C(O)(C(F)(F)F)N1. The predicted octanol–water partition coefficient (Wildman–Crippen LogP) is 3.39. The molecule has 3 rings (SSSR count). The maximum Gasteiger partial charge on any atom is 0.437 e. The number of rotatable bonds is 5. The Kier molecular flexibility index (Phi) is 5.66. The van der Waals surface area contributed by atoms with Crippen LogP contribution in [0.5, 0.6) is 5.75 Å². The summed E-state index contributed by atoms with van der Waals surface area (Å²) in [5.74, 6) is -3.77. The standard InChI is InChI=1S/C19H15F5N2O4/c20-16(21)30-12-8-4-7-11(9-12)14-13(15(27)10-5-2-1-3-6-10)18(29,19(22,23)24)26-17(28)25-14/h1-9,13-14,16,29H,(H2,25,26,28). The quantitative estimate of drug-likeness (QED) is 0.501. The Morgan fingerprint density at radius 2 is 1.77 bits per heavy atom. The van der Waals surface area contributed by atoms with Crippen LogP contribution in [-0.2, 0) is 0 Å². The van der Waals surface area contributed by atoms with Gasteiger partial charge in [0.25, 0.3) is 0 Å². The van der Waals surface area contributed by atoms with Crippen LogP contribution in [0.3, 0.4) is 0 Å². The third kappa shape index (κ3) is 4.06. The number of nitrogens with one attached hydrogen (secondary N) is 2. The number of ether oxygens (including phenoxy) is 1.